The summed E-state index contributed by atoms with van der Waals surface area (Å²) in [5.41, 5.74) is 4.44. The Balaban J connectivity index is 1.38. The molecule has 5 heteroatoms. The molecular formula is C30H34N2O3. The van der Waals surface area contributed by atoms with Gasteiger partial charge in [-0.2, -0.15) is 5.10 Å². The largest absolute Gasteiger partial charge is 0.494 e. The number of fused-ring (bicyclic) bond motifs is 3. The van der Waals surface area contributed by atoms with Crippen molar-refractivity contribution in [2.45, 2.75) is 58.2 Å². The average molecular weight is 471 g/mol. The minimum absolute atomic E-state index is 0.140. The van der Waals surface area contributed by atoms with Crippen LogP contribution in [0, 0.1) is 0 Å². The number of para-hydroxylation sites is 1. The Labute approximate surface area is 208 Å². The van der Waals surface area contributed by atoms with Gasteiger partial charge < -0.3 is 14.2 Å². The fourth-order valence-corrected chi connectivity index (χ4v) is 4.57. The van der Waals surface area contributed by atoms with Gasteiger partial charge in [0, 0.05) is 17.5 Å². The summed E-state index contributed by atoms with van der Waals surface area (Å²) in [6.07, 6.45) is 4.93. The predicted molar refractivity (Wildman–Crippen MR) is 139 cm³/mol. The van der Waals surface area contributed by atoms with Crippen molar-refractivity contribution < 1.29 is 14.2 Å². The average Bonchev–Trinajstić information content (AvgIpc) is 3.35. The molecule has 0 unspecified atom stereocenters. The van der Waals surface area contributed by atoms with Gasteiger partial charge in [0.2, 0.25) is 6.23 Å². The standard InChI is InChI=1S/C30H34N2O3/c1-3-5-19-33-24-15-11-22(12-16-24)27-21-28-26-9-7-8-10-29(26)35-30(32(28)31-27)23-13-17-25(18-14-23)34-20-6-4-2/h7-18,28,30H,3-6,19-21H2,1-2H3/t28-,30-/m0/s1. The molecule has 5 rings (SSSR count). The zero-order valence-electron chi connectivity index (χ0n) is 20.7. The highest BCUT2D eigenvalue weighted by Gasteiger charge is 2.40. The van der Waals surface area contributed by atoms with Crippen LogP contribution in [0.1, 0.15) is 74.9 Å². The van der Waals surface area contributed by atoms with E-state index in [1.54, 1.807) is 0 Å². The molecule has 0 fully saturated rings. The van der Waals surface area contributed by atoms with E-state index >= 15 is 0 Å². The molecule has 0 aromatic heterocycles. The predicted octanol–water partition coefficient (Wildman–Crippen LogP) is 7.29. The summed E-state index contributed by atoms with van der Waals surface area (Å²) < 4.78 is 18.2. The Kier molecular flexibility index (Phi) is 7.22. The van der Waals surface area contributed by atoms with Gasteiger partial charge in [-0.25, -0.2) is 5.01 Å². The van der Waals surface area contributed by atoms with Crippen LogP contribution in [-0.2, 0) is 0 Å². The zero-order chi connectivity index (χ0) is 24.0. The van der Waals surface area contributed by atoms with Crippen molar-refractivity contribution in [2.75, 3.05) is 13.2 Å². The third-order valence-corrected chi connectivity index (χ3v) is 6.59. The van der Waals surface area contributed by atoms with Crippen molar-refractivity contribution in [2.24, 2.45) is 5.10 Å². The van der Waals surface area contributed by atoms with Crippen LogP contribution in [-0.4, -0.2) is 23.9 Å². The van der Waals surface area contributed by atoms with E-state index in [0.29, 0.717) is 0 Å². The lowest BCUT2D eigenvalue weighted by Crippen LogP contribution is -2.33. The summed E-state index contributed by atoms with van der Waals surface area (Å²) in [4.78, 5) is 0. The molecule has 2 aliphatic heterocycles. The normalized spacial score (nSPS) is 18.3. The van der Waals surface area contributed by atoms with Crippen LogP contribution in [0.5, 0.6) is 17.2 Å². The molecule has 0 saturated carbocycles. The monoisotopic (exact) mass is 470 g/mol. The number of hydrogen-bond donors (Lipinski definition) is 0. The molecule has 182 valence electrons. The van der Waals surface area contributed by atoms with Crippen LogP contribution >= 0.6 is 0 Å². The number of rotatable bonds is 10. The van der Waals surface area contributed by atoms with E-state index in [9.17, 15) is 0 Å². The summed E-state index contributed by atoms with van der Waals surface area (Å²) in [6, 6.07) is 25.0. The Morgan fingerprint density at radius 3 is 2.11 bits per heavy atom. The van der Waals surface area contributed by atoms with Gasteiger partial charge in [-0.3, -0.25) is 0 Å². The quantitative estimate of drug-likeness (QED) is 0.292. The number of hydrazone groups is 1. The molecule has 5 nitrogen and oxygen atoms in total. The molecule has 0 saturated heterocycles. The maximum Gasteiger partial charge on any atom is 0.213 e. The summed E-state index contributed by atoms with van der Waals surface area (Å²) in [7, 11) is 0. The SMILES string of the molecule is CCCCOc1ccc(C2=NN3[C@@H](C2)c2ccccc2O[C@H]3c2ccc(OCCCC)cc2)cc1. The summed E-state index contributed by atoms with van der Waals surface area (Å²) in [5.74, 6) is 2.73. The van der Waals surface area contributed by atoms with E-state index < -0.39 is 0 Å². The van der Waals surface area contributed by atoms with Gasteiger partial charge in [-0.1, -0.05) is 44.9 Å². The van der Waals surface area contributed by atoms with Crippen molar-refractivity contribution in [3.63, 3.8) is 0 Å². The smallest absolute Gasteiger partial charge is 0.213 e. The number of ether oxygens (including phenoxy) is 3. The zero-order valence-corrected chi connectivity index (χ0v) is 20.7. The third kappa shape index (κ3) is 5.14. The van der Waals surface area contributed by atoms with Gasteiger partial charge in [0.1, 0.15) is 17.2 Å². The Morgan fingerprint density at radius 2 is 1.46 bits per heavy atom. The van der Waals surface area contributed by atoms with Crippen molar-refractivity contribution >= 4 is 5.71 Å². The molecule has 2 atom stereocenters. The Hall–Kier alpha value is -3.47. The Bertz CT molecular complexity index is 1140. The van der Waals surface area contributed by atoms with E-state index in [-0.39, 0.29) is 12.3 Å². The Morgan fingerprint density at radius 1 is 0.829 bits per heavy atom. The lowest BCUT2D eigenvalue weighted by molar-refractivity contribution is -0.0190. The summed E-state index contributed by atoms with van der Waals surface area (Å²) in [5, 5.41) is 7.20. The van der Waals surface area contributed by atoms with Crippen LogP contribution in [0.3, 0.4) is 0 Å². The molecule has 0 N–H and O–H groups in total. The van der Waals surface area contributed by atoms with Gasteiger partial charge in [-0.15, -0.1) is 0 Å². The van der Waals surface area contributed by atoms with E-state index in [0.717, 1.165) is 79.4 Å². The van der Waals surface area contributed by atoms with Crippen LogP contribution < -0.4 is 14.2 Å². The first-order chi connectivity index (χ1) is 17.3. The second-order valence-corrected chi connectivity index (χ2v) is 9.15. The van der Waals surface area contributed by atoms with Crippen molar-refractivity contribution in [3.05, 3.63) is 89.5 Å². The van der Waals surface area contributed by atoms with Crippen LogP contribution in [0.15, 0.2) is 77.9 Å². The van der Waals surface area contributed by atoms with Crippen LogP contribution in [0.4, 0.5) is 0 Å². The molecule has 0 amide bonds. The number of unbranched alkanes of at least 4 members (excludes halogenated alkanes) is 2. The molecule has 0 spiro atoms. The molecule has 3 aromatic carbocycles. The van der Waals surface area contributed by atoms with Gasteiger partial charge in [0.15, 0.2) is 0 Å². The fraction of sp³-hybridized carbons (Fsp3) is 0.367. The van der Waals surface area contributed by atoms with Gasteiger partial charge in [0.25, 0.3) is 0 Å². The lowest BCUT2D eigenvalue weighted by Gasteiger charge is -2.38. The molecular weight excluding hydrogens is 436 g/mol. The first-order valence-corrected chi connectivity index (χ1v) is 12.8. The maximum absolute atomic E-state index is 6.49. The second-order valence-electron chi connectivity index (χ2n) is 9.15. The number of benzene rings is 3. The van der Waals surface area contributed by atoms with Crippen LogP contribution in [0.2, 0.25) is 0 Å². The number of hydrogen-bond acceptors (Lipinski definition) is 5. The van der Waals surface area contributed by atoms with Crippen molar-refractivity contribution in [3.8, 4) is 17.2 Å². The molecule has 35 heavy (non-hydrogen) atoms. The molecule has 0 bridgehead atoms. The highest BCUT2D eigenvalue weighted by molar-refractivity contribution is 6.02. The molecule has 3 aromatic rings. The molecule has 0 aliphatic carbocycles. The van der Waals surface area contributed by atoms with E-state index in [4.69, 9.17) is 19.3 Å². The van der Waals surface area contributed by atoms with Crippen LogP contribution in [0.25, 0.3) is 0 Å². The van der Waals surface area contributed by atoms with E-state index in [1.165, 1.54) is 5.56 Å². The van der Waals surface area contributed by atoms with E-state index in [1.807, 2.05) is 30.3 Å². The van der Waals surface area contributed by atoms with Gasteiger partial charge in [0.05, 0.1) is 25.0 Å². The highest BCUT2D eigenvalue weighted by Crippen LogP contribution is 2.47. The maximum atomic E-state index is 6.49. The molecule has 0 radical (unpaired) electrons. The van der Waals surface area contributed by atoms with Crippen molar-refractivity contribution in [1.29, 1.82) is 0 Å². The third-order valence-electron chi connectivity index (χ3n) is 6.59. The topological polar surface area (TPSA) is 43.3 Å². The first kappa shape index (κ1) is 23.3. The minimum Gasteiger partial charge on any atom is -0.494 e. The van der Waals surface area contributed by atoms with Crippen molar-refractivity contribution in [1.82, 2.24) is 5.01 Å². The minimum atomic E-state index is -0.284. The second kappa shape index (κ2) is 10.9. The van der Waals surface area contributed by atoms with E-state index in [2.05, 4.69) is 61.3 Å². The first-order valence-electron chi connectivity index (χ1n) is 12.8. The summed E-state index contributed by atoms with van der Waals surface area (Å²) in [6.45, 7) is 5.84. The summed E-state index contributed by atoms with van der Waals surface area (Å²) >= 11 is 0. The highest BCUT2D eigenvalue weighted by atomic mass is 16.5. The number of nitrogens with zero attached hydrogens (tertiary/aromatic N) is 2. The van der Waals surface area contributed by atoms with Gasteiger partial charge in [-0.05, 0) is 73.0 Å². The molecule has 2 heterocycles. The lowest BCUT2D eigenvalue weighted by atomic mass is 9.96. The fourth-order valence-electron chi connectivity index (χ4n) is 4.57. The molecule has 2 aliphatic rings. The van der Waals surface area contributed by atoms with Gasteiger partial charge >= 0.3 is 0 Å².